The molecule has 5 nitrogen and oxygen atoms in total. The summed E-state index contributed by atoms with van der Waals surface area (Å²) in [6.07, 6.45) is 0.629. The fraction of sp³-hybridized carbons (Fsp3) is 0.222. The summed E-state index contributed by atoms with van der Waals surface area (Å²) in [5.41, 5.74) is 3.95. The number of aryl methyl sites for hydroxylation is 2. The van der Waals surface area contributed by atoms with Crippen LogP contribution in [0.2, 0.25) is 0 Å². The van der Waals surface area contributed by atoms with Crippen molar-refractivity contribution in [3.63, 3.8) is 0 Å². The average molecular weight is 310 g/mol. The molecule has 0 amide bonds. The van der Waals surface area contributed by atoms with Gasteiger partial charge in [0.2, 0.25) is 12.3 Å². The normalized spacial score (nSPS) is 12.1. The zero-order valence-electron chi connectivity index (χ0n) is 13.1. The van der Waals surface area contributed by atoms with Crippen LogP contribution in [0, 0.1) is 13.8 Å². The summed E-state index contributed by atoms with van der Waals surface area (Å²) >= 11 is 0. The summed E-state index contributed by atoms with van der Waals surface area (Å²) in [5.74, 6) is 1.14. The Hall–Kier alpha value is -2.66. The van der Waals surface area contributed by atoms with Crippen molar-refractivity contribution in [3.05, 3.63) is 65.5 Å². The monoisotopic (exact) mass is 310 g/mol. The highest BCUT2D eigenvalue weighted by molar-refractivity contribution is 5.53. The van der Waals surface area contributed by atoms with Gasteiger partial charge in [0.25, 0.3) is 0 Å². The summed E-state index contributed by atoms with van der Waals surface area (Å²) in [4.78, 5) is 0. The van der Waals surface area contributed by atoms with Crippen LogP contribution < -0.4 is 4.74 Å². The van der Waals surface area contributed by atoms with Crippen molar-refractivity contribution in [1.29, 1.82) is 0 Å². The Morgan fingerprint density at radius 2 is 1.78 bits per heavy atom. The zero-order valence-corrected chi connectivity index (χ0v) is 13.1. The Labute approximate surface area is 134 Å². The fourth-order valence-electron chi connectivity index (χ4n) is 2.47. The van der Waals surface area contributed by atoms with E-state index in [0.717, 1.165) is 22.3 Å². The number of hydrogen-bond acceptors (Lipinski definition) is 5. The van der Waals surface area contributed by atoms with E-state index in [4.69, 9.17) is 9.15 Å². The van der Waals surface area contributed by atoms with Gasteiger partial charge in [0.15, 0.2) is 0 Å². The highest BCUT2D eigenvalue weighted by Gasteiger charge is 2.10. The molecule has 0 radical (unpaired) electrons. The van der Waals surface area contributed by atoms with E-state index in [9.17, 15) is 5.11 Å². The summed E-state index contributed by atoms with van der Waals surface area (Å²) in [5, 5.41) is 17.8. The minimum atomic E-state index is -0.663. The first-order chi connectivity index (χ1) is 11.1. The second-order valence-electron chi connectivity index (χ2n) is 5.52. The molecule has 3 rings (SSSR count). The second kappa shape index (κ2) is 6.62. The Morgan fingerprint density at radius 3 is 2.39 bits per heavy atom. The van der Waals surface area contributed by atoms with Crippen molar-refractivity contribution in [3.8, 4) is 17.2 Å². The summed E-state index contributed by atoms with van der Waals surface area (Å²) in [6.45, 7) is 4.23. The summed E-state index contributed by atoms with van der Waals surface area (Å²) in [6, 6.07) is 13.3. The third-order valence-corrected chi connectivity index (χ3v) is 3.50. The Bertz CT molecular complexity index is 747. The number of rotatable bonds is 5. The van der Waals surface area contributed by atoms with E-state index < -0.39 is 6.10 Å². The molecule has 5 heteroatoms. The molecule has 0 bridgehead atoms. The number of hydrogen-bond donors (Lipinski definition) is 1. The molecule has 0 aliphatic carbocycles. The maximum absolute atomic E-state index is 10.3. The average Bonchev–Trinajstić information content (AvgIpc) is 3.06. The van der Waals surface area contributed by atoms with Gasteiger partial charge in [0.05, 0.1) is 0 Å². The molecule has 0 spiro atoms. The van der Waals surface area contributed by atoms with Crippen LogP contribution in [0.1, 0.15) is 22.8 Å². The van der Waals surface area contributed by atoms with E-state index in [-0.39, 0.29) is 6.61 Å². The van der Waals surface area contributed by atoms with E-state index >= 15 is 0 Å². The third-order valence-electron chi connectivity index (χ3n) is 3.50. The lowest BCUT2D eigenvalue weighted by Gasteiger charge is -2.14. The molecule has 1 aromatic heterocycles. The van der Waals surface area contributed by atoms with Gasteiger partial charge < -0.3 is 14.3 Å². The van der Waals surface area contributed by atoms with Crippen LogP contribution in [0.5, 0.6) is 5.75 Å². The Kier molecular flexibility index (Phi) is 4.39. The summed E-state index contributed by atoms with van der Waals surface area (Å²) in [7, 11) is 0. The van der Waals surface area contributed by atoms with E-state index in [1.807, 2.05) is 50.2 Å². The van der Waals surface area contributed by atoms with E-state index in [1.165, 1.54) is 6.39 Å². The molecule has 1 atom stereocenters. The maximum Gasteiger partial charge on any atom is 0.247 e. The molecule has 1 unspecified atom stereocenters. The lowest BCUT2D eigenvalue weighted by molar-refractivity contribution is 0.108. The van der Waals surface area contributed by atoms with Gasteiger partial charge in [-0.25, -0.2) is 0 Å². The molecule has 23 heavy (non-hydrogen) atoms. The molecule has 1 heterocycles. The molecule has 0 saturated heterocycles. The summed E-state index contributed by atoms with van der Waals surface area (Å²) < 4.78 is 10.8. The molecule has 0 saturated carbocycles. The van der Waals surface area contributed by atoms with E-state index in [0.29, 0.717) is 11.6 Å². The topological polar surface area (TPSA) is 68.4 Å². The van der Waals surface area contributed by atoms with Crippen LogP contribution in [0.25, 0.3) is 11.5 Å². The van der Waals surface area contributed by atoms with Crippen molar-refractivity contribution in [2.75, 3.05) is 6.61 Å². The molecule has 2 aromatic carbocycles. The van der Waals surface area contributed by atoms with Gasteiger partial charge in [0.1, 0.15) is 18.5 Å². The number of benzene rings is 2. The van der Waals surface area contributed by atoms with Crippen molar-refractivity contribution in [2.24, 2.45) is 0 Å². The number of nitrogens with zero attached hydrogens (tertiary/aromatic N) is 2. The first kappa shape index (κ1) is 15.2. The quantitative estimate of drug-likeness (QED) is 0.781. The molecule has 0 fully saturated rings. The van der Waals surface area contributed by atoms with E-state index in [2.05, 4.69) is 16.3 Å². The largest absolute Gasteiger partial charge is 0.491 e. The molecule has 0 aliphatic heterocycles. The number of ether oxygens (including phenoxy) is 1. The first-order valence-corrected chi connectivity index (χ1v) is 7.37. The van der Waals surface area contributed by atoms with Gasteiger partial charge in [-0.1, -0.05) is 29.3 Å². The van der Waals surface area contributed by atoms with Gasteiger partial charge in [-0.3, -0.25) is 0 Å². The Balaban J connectivity index is 1.63. The van der Waals surface area contributed by atoms with Crippen LogP contribution in [0.15, 0.2) is 53.3 Å². The fourth-order valence-corrected chi connectivity index (χ4v) is 2.47. The zero-order chi connectivity index (χ0) is 16.2. The van der Waals surface area contributed by atoms with Crippen molar-refractivity contribution >= 4 is 0 Å². The lowest BCUT2D eigenvalue weighted by atomic mass is 10.0. The van der Waals surface area contributed by atoms with E-state index in [1.54, 1.807) is 0 Å². The molecular formula is C18H18N2O3. The van der Waals surface area contributed by atoms with Crippen LogP contribution in [0.3, 0.4) is 0 Å². The van der Waals surface area contributed by atoms with Crippen LogP contribution in [-0.2, 0) is 0 Å². The highest BCUT2D eigenvalue weighted by Crippen LogP contribution is 2.22. The maximum atomic E-state index is 10.3. The number of aliphatic hydroxyl groups is 1. The standard InChI is InChI=1S/C18H18N2O3/c1-12-7-13(2)9-15(8-12)17(21)10-22-16-5-3-14(4-6-16)18-20-19-11-23-18/h3-9,11,17,21H,10H2,1-2H3. The molecule has 3 aromatic rings. The SMILES string of the molecule is Cc1cc(C)cc(C(O)COc2ccc(-c3nnco3)cc2)c1. The van der Waals surface area contributed by atoms with Gasteiger partial charge >= 0.3 is 0 Å². The lowest BCUT2D eigenvalue weighted by Crippen LogP contribution is -2.10. The van der Waals surface area contributed by atoms with Crippen LogP contribution in [-0.4, -0.2) is 21.9 Å². The predicted octanol–water partition coefficient (Wildman–Crippen LogP) is 3.47. The Morgan fingerprint density at radius 1 is 1.09 bits per heavy atom. The second-order valence-corrected chi connectivity index (χ2v) is 5.52. The van der Waals surface area contributed by atoms with Gasteiger partial charge in [-0.15, -0.1) is 10.2 Å². The van der Waals surface area contributed by atoms with Crippen molar-refractivity contribution < 1.29 is 14.3 Å². The molecule has 0 aliphatic rings. The van der Waals surface area contributed by atoms with Crippen LogP contribution >= 0.6 is 0 Å². The van der Waals surface area contributed by atoms with Gasteiger partial charge in [-0.05, 0) is 43.7 Å². The molecule has 1 N–H and O–H groups in total. The van der Waals surface area contributed by atoms with Gasteiger partial charge in [0, 0.05) is 5.56 Å². The molecular weight excluding hydrogens is 292 g/mol. The predicted molar refractivity (Wildman–Crippen MR) is 86.1 cm³/mol. The number of aliphatic hydroxyl groups excluding tert-OH is 1. The third kappa shape index (κ3) is 3.76. The first-order valence-electron chi connectivity index (χ1n) is 7.37. The van der Waals surface area contributed by atoms with Crippen molar-refractivity contribution in [1.82, 2.24) is 10.2 Å². The smallest absolute Gasteiger partial charge is 0.247 e. The van der Waals surface area contributed by atoms with Crippen molar-refractivity contribution in [2.45, 2.75) is 20.0 Å². The minimum Gasteiger partial charge on any atom is -0.491 e. The van der Waals surface area contributed by atoms with Crippen LogP contribution in [0.4, 0.5) is 0 Å². The molecule has 118 valence electrons. The van der Waals surface area contributed by atoms with Gasteiger partial charge in [-0.2, -0.15) is 0 Å². The number of aromatic nitrogens is 2. The minimum absolute atomic E-state index is 0.197. The highest BCUT2D eigenvalue weighted by atomic mass is 16.5.